The Balaban J connectivity index is 1.58. The molecule has 3 rings (SSSR count). The van der Waals surface area contributed by atoms with Crippen LogP contribution in [0.1, 0.15) is 23.1 Å². The summed E-state index contributed by atoms with van der Waals surface area (Å²) in [5.74, 6) is 1.02. The van der Waals surface area contributed by atoms with Crippen molar-refractivity contribution in [2.75, 3.05) is 46.9 Å². The minimum absolute atomic E-state index is 0.982. The molecule has 3 heteroatoms. The Kier molecular flexibility index (Phi) is 6.48. The molecular formula is C22H30N2O. The maximum Gasteiger partial charge on any atom is 0.122 e. The number of likely N-dealkylation sites (N-methyl/N-ethyl adjacent to an activating group) is 1. The maximum absolute atomic E-state index is 5.59. The third-order valence-corrected chi connectivity index (χ3v) is 5.11. The zero-order valence-electron chi connectivity index (χ0n) is 15.6. The fourth-order valence-electron chi connectivity index (χ4n) is 3.53. The molecule has 1 fully saturated rings. The third kappa shape index (κ3) is 5.32. The molecule has 0 unspecified atom stereocenters. The Morgan fingerprint density at radius 2 is 1.68 bits per heavy atom. The molecular weight excluding hydrogens is 308 g/mol. The van der Waals surface area contributed by atoms with E-state index in [1.807, 2.05) is 0 Å². The van der Waals surface area contributed by atoms with Gasteiger partial charge in [-0.2, -0.15) is 0 Å². The van der Waals surface area contributed by atoms with E-state index in [1.54, 1.807) is 7.11 Å². The molecule has 0 saturated carbocycles. The van der Waals surface area contributed by atoms with Crippen molar-refractivity contribution in [3.05, 3.63) is 65.2 Å². The molecule has 0 amide bonds. The van der Waals surface area contributed by atoms with E-state index in [1.165, 1.54) is 55.8 Å². The van der Waals surface area contributed by atoms with Crippen LogP contribution in [0, 0.1) is 0 Å². The van der Waals surface area contributed by atoms with E-state index in [9.17, 15) is 0 Å². The van der Waals surface area contributed by atoms with Gasteiger partial charge in [-0.3, -0.25) is 0 Å². The second kappa shape index (κ2) is 9.02. The van der Waals surface area contributed by atoms with Crippen LogP contribution in [0.2, 0.25) is 0 Å². The number of piperazine rings is 1. The Hall–Kier alpha value is -1.84. The predicted molar refractivity (Wildman–Crippen MR) is 105 cm³/mol. The maximum atomic E-state index is 5.59. The fraction of sp³-hybridized carbons (Fsp3) is 0.455. The summed E-state index contributed by atoms with van der Waals surface area (Å²) in [6.07, 6.45) is 3.25. The van der Waals surface area contributed by atoms with Gasteiger partial charge >= 0.3 is 0 Å². The molecule has 1 heterocycles. The van der Waals surface area contributed by atoms with E-state index in [0.717, 1.165) is 18.6 Å². The number of hydrogen-bond acceptors (Lipinski definition) is 3. The molecule has 0 aromatic heterocycles. The Morgan fingerprint density at radius 3 is 2.40 bits per heavy atom. The van der Waals surface area contributed by atoms with Crippen LogP contribution in [-0.4, -0.2) is 56.7 Å². The van der Waals surface area contributed by atoms with Crippen LogP contribution in [0.3, 0.4) is 0 Å². The number of aryl methyl sites for hydroxylation is 1. The quantitative estimate of drug-likeness (QED) is 0.769. The van der Waals surface area contributed by atoms with E-state index < -0.39 is 0 Å². The van der Waals surface area contributed by atoms with Crippen molar-refractivity contribution < 1.29 is 4.74 Å². The fourth-order valence-corrected chi connectivity index (χ4v) is 3.53. The topological polar surface area (TPSA) is 15.7 Å². The summed E-state index contributed by atoms with van der Waals surface area (Å²) < 4.78 is 5.59. The predicted octanol–water partition coefficient (Wildman–Crippen LogP) is 3.47. The highest BCUT2D eigenvalue weighted by Gasteiger charge is 2.13. The second-order valence-corrected chi connectivity index (χ2v) is 7.06. The smallest absolute Gasteiger partial charge is 0.122 e. The van der Waals surface area contributed by atoms with Gasteiger partial charge in [-0.15, -0.1) is 0 Å². The molecule has 3 nitrogen and oxygen atoms in total. The van der Waals surface area contributed by atoms with Gasteiger partial charge < -0.3 is 14.5 Å². The van der Waals surface area contributed by atoms with E-state index in [-0.39, 0.29) is 0 Å². The highest BCUT2D eigenvalue weighted by molar-refractivity contribution is 5.39. The SMILES string of the molecule is COc1ccc(Cc2ccccc2)cc1CCCN1CCN(C)CC1. The molecule has 0 atom stereocenters. The number of benzene rings is 2. The van der Waals surface area contributed by atoms with Gasteiger partial charge in [0.15, 0.2) is 0 Å². The highest BCUT2D eigenvalue weighted by Crippen LogP contribution is 2.23. The lowest BCUT2D eigenvalue weighted by atomic mass is 10.00. The summed E-state index contributed by atoms with van der Waals surface area (Å²) >= 11 is 0. The van der Waals surface area contributed by atoms with Crippen LogP contribution < -0.4 is 4.74 Å². The average Bonchev–Trinajstić information content (AvgIpc) is 2.64. The molecule has 25 heavy (non-hydrogen) atoms. The molecule has 2 aromatic rings. The van der Waals surface area contributed by atoms with Crippen molar-refractivity contribution in [2.45, 2.75) is 19.3 Å². The first-order chi connectivity index (χ1) is 12.2. The first-order valence-electron chi connectivity index (χ1n) is 9.35. The molecule has 134 valence electrons. The summed E-state index contributed by atoms with van der Waals surface area (Å²) in [7, 11) is 3.98. The molecule has 0 radical (unpaired) electrons. The van der Waals surface area contributed by atoms with E-state index in [0.29, 0.717) is 0 Å². The lowest BCUT2D eigenvalue weighted by molar-refractivity contribution is 0.153. The lowest BCUT2D eigenvalue weighted by Crippen LogP contribution is -2.44. The van der Waals surface area contributed by atoms with Crippen LogP contribution >= 0.6 is 0 Å². The Morgan fingerprint density at radius 1 is 0.920 bits per heavy atom. The first kappa shape index (κ1) is 18.0. The summed E-state index contributed by atoms with van der Waals surface area (Å²) in [6, 6.07) is 17.3. The molecule has 1 aliphatic rings. The Bertz CT molecular complexity index is 648. The van der Waals surface area contributed by atoms with Crippen molar-refractivity contribution >= 4 is 0 Å². The molecule has 2 aromatic carbocycles. The van der Waals surface area contributed by atoms with Crippen LogP contribution in [0.5, 0.6) is 5.75 Å². The standard InChI is InChI=1S/C22H30N2O/c1-23-13-15-24(16-14-23)12-6-9-21-18-20(10-11-22(21)25-2)17-19-7-4-3-5-8-19/h3-5,7-8,10-11,18H,6,9,12-17H2,1-2H3. The van der Waals surface area contributed by atoms with Gasteiger partial charge in [-0.05, 0) is 55.6 Å². The van der Waals surface area contributed by atoms with Gasteiger partial charge in [-0.25, -0.2) is 0 Å². The average molecular weight is 338 g/mol. The molecule has 0 spiro atoms. The summed E-state index contributed by atoms with van der Waals surface area (Å²) in [5.41, 5.74) is 4.06. The van der Waals surface area contributed by atoms with Gasteiger partial charge in [0.2, 0.25) is 0 Å². The number of hydrogen-bond donors (Lipinski definition) is 0. The number of ether oxygens (including phenoxy) is 1. The minimum Gasteiger partial charge on any atom is -0.496 e. The van der Waals surface area contributed by atoms with Crippen molar-refractivity contribution in [3.8, 4) is 5.75 Å². The number of methoxy groups -OCH3 is 1. The summed E-state index contributed by atoms with van der Waals surface area (Å²) in [6.45, 7) is 5.95. The van der Waals surface area contributed by atoms with Crippen molar-refractivity contribution in [2.24, 2.45) is 0 Å². The zero-order valence-corrected chi connectivity index (χ0v) is 15.6. The minimum atomic E-state index is 0.982. The largest absolute Gasteiger partial charge is 0.496 e. The van der Waals surface area contributed by atoms with E-state index in [4.69, 9.17) is 4.74 Å². The van der Waals surface area contributed by atoms with E-state index >= 15 is 0 Å². The van der Waals surface area contributed by atoms with Crippen molar-refractivity contribution in [1.82, 2.24) is 9.80 Å². The third-order valence-electron chi connectivity index (χ3n) is 5.11. The molecule has 0 aliphatic carbocycles. The van der Waals surface area contributed by atoms with Gasteiger partial charge in [0.25, 0.3) is 0 Å². The van der Waals surface area contributed by atoms with Gasteiger partial charge in [0.05, 0.1) is 7.11 Å². The van der Waals surface area contributed by atoms with Crippen LogP contribution in [0.25, 0.3) is 0 Å². The highest BCUT2D eigenvalue weighted by atomic mass is 16.5. The van der Waals surface area contributed by atoms with Crippen molar-refractivity contribution in [1.29, 1.82) is 0 Å². The normalized spacial score (nSPS) is 16.1. The lowest BCUT2D eigenvalue weighted by Gasteiger charge is -2.32. The van der Waals surface area contributed by atoms with Crippen molar-refractivity contribution in [3.63, 3.8) is 0 Å². The second-order valence-electron chi connectivity index (χ2n) is 7.06. The number of rotatable bonds is 7. The van der Waals surface area contributed by atoms with Gasteiger partial charge in [0, 0.05) is 26.2 Å². The molecule has 1 saturated heterocycles. The summed E-state index contributed by atoms with van der Waals surface area (Å²) in [4.78, 5) is 4.99. The molecule has 0 N–H and O–H groups in total. The molecule has 0 bridgehead atoms. The number of nitrogens with zero attached hydrogens (tertiary/aromatic N) is 2. The Labute approximate surface area is 152 Å². The first-order valence-corrected chi connectivity index (χ1v) is 9.35. The van der Waals surface area contributed by atoms with Gasteiger partial charge in [-0.1, -0.05) is 42.5 Å². The van der Waals surface area contributed by atoms with Gasteiger partial charge in [0.1, 0.15) is 5.75 Å². The monoisotopic (exact) mass is 338 g/mol. The summed E-state index contributed by atoms with van der Waals surface area (Å²) in [5, 5.41) is 0. The van der Waals surface area contributed by atoms with Crippen LogP contribution in [0.4, 0.5) is 0 Å². The zero-order chi connectivity index (χ0) is 17.5. The van der Waals surface area contributed by atoms with Crippen LogP contribution in [-0.2, 0) is 12.8 Å². The molecule has 1 aliphatic heterocycles. The van der Waals surface area contributed by atoms with Crippen LogP contribution in [0.15, 0.2) is 48.5 Å². The van der Waals surface area contributed by atoms with E-state index in [2.05, 4.69) is 65.4 Å².